The molecule has 3 rings (SSSR count). The van der Waals surface area contributed by atoms with E-state index in [1.54, 1.807) is 6.26 Å². The number of hydrogen-bond acceptors (Lipinski definition) is 4. The average Bonchev–Trinajstić information content (AvgIpc) is 2.91. The molecule has 4 nitrogen and oxygen atoms in total. The smallest absolute Gasteiger partial charge is 0.292 e. The van der Waals surface area contributed by atoms with Gasteiger partial charge in [-0.3, -0.25) is 0 Å². The summed E-state index contributed by atoms with van der Waals surface area (Å²) in [7, 11) is 0. The van der Waals surface area contributed by atoms with Crippen LogP contribution in [0.5, 0.6) is 0 Å². The van der Waals surface area contributed by atoms with Crippen molar-refractivity contribution in [2.45, 2.75) is 13.3 Å². The summed E-state index contributed by atoms with van der Waals surface area (Å²) in [5, 5.41) is 1.01. The highest BCUT2D eigenvalue weighted by Crippen LogP contribution is 2.33. The number of aromatic nitrogens is 1. The standard InChI is InChI=1S/C13H12N2O2/c1-2-10-12(17-13(14)15-10)9-7-16-11-6-4-3-5-8(9)11/h3-7H,2H2,1H3,(H2,14,15). The van der Waals surface area contributed by atoms with E-state index < -0.39 is 0 Å². The molecule has 0 fully saturated rings. The van der Waals surface area contributed by atoms with Crippen molar-refractivity contribution in [3.8, 4) is 11.3 Å². The van der Waals surface area contributed by atoms with Gasteiger partial charge in [-0.25, -0.2) is 0 Å². The van der Waals surface area contributed by atoms with Crippen LogP contribution in [0.4, 0.5) is 6.01 Å². The molecule has 0 radical (unpaired) electrons. The number of furan rings is 1. The highest BCUT2D eigenvalue weighted by atomic mass is 16.4. The number of benzene rings is 1. The third-order valence-corrected chi connectivity index (χ3v) is 2.77. The Labute approximate surface area is 98.0 Å². The lowest BCUT2D eigenvalue weighted by Crippen LogP contribution is -1.85. The molecule has 0 bridgehead atoms. The minimum absolute atomic E-state index is 0.196. The normalized spacial score (nSPS) is 11.1. The second-order valence-electron chi connectivity index (χ2n) is 3.83. The second-order valence-corrected chi connectivity index (χ2v) is 3.83. The molecule has 3 aromatic rings. The van der Waals surface area contributed by atoms with E-state index in [1.165, 1.54) is 0 Å². The van der Waals surface area contributed by atoms with Crippen LogP contribution in [0.2, 0.25) is 0 Å². The Kier molecular flexibility index (Phi) is 2.14. The summed E-state index contributed by atoms with van der Waals surface area (Å²) >= 11 is 0. The highest BCUT2D eigenvalue weighted by molar-refractivity contribution is 5.93. The molecule has 0 saturated heterocycles. The lowest BCUT2D eigenvalue weighted by atomic mass is 10.1. The lowest BCUT2D eigenvalue weighted by molar-refractivity contribution is 0.586. The molecular weight excluding hydrogens is 216 g/mol. The number of aryl methyl sites for hydroxylation is 1. The SMILES string of the molecule is CCc1nc(N)oc1-c1coc2ccccc12. The first-order chi connectivity index (χ1) is 8.29. The number of nitrogen functional groups attached to an aromatic ring is 1. The molecule has 0 unspecified atom stereocenters. The van der Waals surface area contributed by atoms with E-state index >= 15 is 0 Å². The van der Waals surface area contributed by atoms with Crippen LogP contribution >= 0.6 is 0 Å². The molecule has 0 aliphatic rings. The summed E-state index contributed by atoms with van der Waals surface area (Å²) in [4.78, 5) is 4.16. The molecular formula is C13H12N2O2. The first-order valence-electron chi connectivity index (χ1n) is 5.51. The van der Waals surface area contributed by atoms with Gasteiger partial charge in [0.05, 0.1) is 11.3 Å². The molecule has 86 valence electrons. The van der Waals surface area contributed by atoms with Crippen LogP contribution in [-0.4, -0.2) is 4.98 Å². The van der Waals surface area contributed by atoms with E-state index in [0.717, 1.165) is 28.6 Å². The van der Waals surface area contributed by atoms with E-state index in [0.29, 0.717) is 5.76 Å². The first kappa shape index (κ1) is 9.96. The molecule has 0 amide bonds. The Bertz CT molecular complexity index is 667. The zero-order chi connectivity index (χ0) is 11.8. The van der Waals surface area contributed by atoms with Gasteiger partial charge in [-0.2, -0.15) is 4.98 Å². The van der Waals surface area contributed by atoms with Gasteiger partial charge in [0.25, 0.3) is 6.01 Å². The molecule has 2 N–H and O–H groups in total. The van der Waals surface area contributed by atoms with Gasteiger partial charge in [-0.15, -0.1) is 0 Å². The quantitative estimate of drug-likeness (QED) is 0.731. The average molecular weight is 228 g/mol. The molecule has 2 heterocycles. The van der Waals surface area contributed by atoms with Gasteiger partial charge in [0.2, 0.25) is 0 Å². The number of oxazole rings is 1. The van der Waals surface area contributed by atoms with Crippen molar-refractivity contribution in [3.63, 3.8) is 0 Å². The van der Waals surface area contributed by atoms with Crippen molar-refractivity contribution >= 4 is 17.0 Å². The van der Waals surface area contributed by atoms with E-state index in [9.17, 15) is 0 Å². The van der Waals surface area contributed by atoms with Gasteiger partial charge in [-0.1, -0.05) is 25.1 Å². The van der Waals surface area contributed by atoms with E-state index in [-0.39, 0.29) is 6.01 Å². The highest BCUT2D eigenvalue weighted by Gasteiger charge is 2.16. The van der Waals surface area contributed by atoms with Gasteiger partial charge in [0.15, 0.2) is 5.76 Å². The number of anilines is 1. The molecule has 4 heteroatoms. The van der Waals surface area contributed by atoms with Crippen molar-refractivity contribution in [2.75, 3.05) is 5.73 Å². The monoisotopic (exact) mass is 228 g/mol. The van der Waals surface area contributed by atoms with Crippen molar-refractivity contribution < 1.29 is 8.83 Å². The summed E-state index contributed by atoms with van der Waals surface area (Å²) in [6, 6.07) is 8.01. The Morgan fingerprint density at radius 3 is 2.94 bits per heavy atom. The number of nitrogens with zero attached hydrogens (tertiary/aromatic N) is 1. The zero-order valence-corrected chi connectivity index (χ0v) is 9.43. The second kappa shape index (κ2) is 3.66. The summed E-state index contributed by atoms with van der Waals surface area (Å²) in [5.41, 5.74) is 8.19. The van der Waals surface area contributed by atoms with Crippen LogP contribution in [-0.2, 0) is 6.42 Å². The maximum atomic E-state index is 5.60. The summed E-state index contributed by atoms with van der Waals surface area (Å²) in [5.74, 6) is 0.704. The molecule has 0 aliphatic heterocycles. The van der Waals surface area contributed by atoms with Crippen LogP contribution in [0.25, 0.3) is 22.3 Å². The Morgan fingerprint density at radius 2 is 2.12 bits per heavy atom. The third-order valence-electron chi connectivity index (χ3n) is 2.77. The molecule has 0 aliphatic carbocycles. The van der Waals surface area contributed by atoms with Crippen LogP contribution in [0.15, 0.2) is 39.4 Å². The van der Waals surface area contributed by atoms with E-state index in [1.807, 2.05) is 31.2 Å². The largest absolute Gasteiger partial charge is 0.464 e. The van der Waals surface area contributed by atoms with Gasteiger partial charge in [-0.05, 0) is 12.5 Å². The number of fused-ring (bicyclic) bond motifs is 1. The number of hydrogen-bond donors (Lipinski definition) is 1. The van der Waals surface area contributed by atoms with Gasteiger partial charge < -0.3 is 14.6 Å². The Balaban J connectivity index is 2.26. The van der Waals surface area contributed by atoms with Gasteiger partial charge >= 0.3 is 0 Å². The van der Waals surface area contributed by atoms with Crippen molar-refractivity contribution in [1.29, 1.82) is 0 Å². The van der Waals surface area contributed by atoms with Crippen LogP contribution < -0.4 is 5.73 Å². The molecule has 0 atom stereocenters. The van der Waals surface area contributed by atoms with Gasteiger partial charge in [0, 0.05) is 5.39 Å². The zero-order valence-electron chi connectivity index (χ0n) is 9.43. The summed E-state index contributed by atoms with van der Waals surface area (Å²) in [6.45, 7) is 2.02. The van der Waals surface area contributed by atoms with Crippen LogP contribution in [0.3, 0.4) is 0 Å². The fourth-order valence-corrected chi connectivity index (χ4v) is 1.97. The minimum Gasteiger partial charge on any atom is -0.464 e. The van der Waals surface area contributed by atoms with E-state index in [4.69, 9.17) is 14.6 Å². The van der Waals surface area contributed by atoms with Gasteiger partial charge in [0.1, 0.15) is 11.8 Å². The van der Waals surface area contributed by atoms with Crippen molar-refractivity contribution in [3.05, 3.63) is 36.2 Å². The Morgan fingerprint density at radius 1 is 1.29 bits per heavy atom. The molecule has 0 spiro atoms. The molecule has 2 aromatic heterocycles. The molecule has 17 heavy (non-hydrogen) atoms. The summed E-state index contributed by atoms with van der Waals surface area (Å²) < 4.78 is 10.9. The maximum absolute atomic E-state index is 5.60. The van der Waals surface area contributed by atoms with Crippen molar-refractivity contribution in [2.24, 2.45) is 0 Å². The molecule has 0 saturated carbocycles. The van der Waals surface area contributed by atoms with Crippen molar-refractivity contribution in [1.82, 2.24) is 4.98 Å². The van der Waals surface area contributed by atoms with Crippen LogP contribution in [0.1, 0.15) is 12.6 Å². The predicted octanol–water partition coefficient (Wildman–Crippen LogP) is 3.23. The fourth-order valence-electron chi connectivity index (χ4n) is 1.97. The Hall–Kier alpha value is -2.23. The predicted molar refractivity (Wildman–Crippen MR) is 65.5 cm³/mol. The topological polar surface area (TPSA) is 65.2 Å². The number of rotatable bonds is 2. The fraction of sp³-hybridized carbons (Fsp3) is 0.154. The molecule has 1 aromatic carbocycles. The number of nitrogens with two attached hydrogens (primary N) is 1. The third kappa shape index (κ3) is 1.49. The maximum Gasteiger partial charge on any atom is 0.292 e. The first-order valence-corrected chi connectivity index (χ1v) is 5.51. The minimum atomic E-state index is 0.196. The lowest BCUT2D eigenvalue weighted by Gasteiger charge is -1.95. The van der Waals surface area contributed by atoms with E-state index in [2.05, 4.69) is 4.98 Å². The number of para-hydroxylation sites is 1. The summed E-state index contributed by atoms with van der Waals surface area (Å²) in [6.07, 6.45) is 2.46. The van der Waals surface area contributed by atoms with Crippen LogP contribution in [0, 0.1) is 0 Å².